The Morgan fingerprint density at radius 3 is 2.69 bits per heavy atom. The summed E-state index contributed by atoms with van der Waals surface area (Å²) in [5.41, 5.74) is 0.511. The smallest absolute Gasteiger partial charge is 0.324 e. The molecule has 0 atom stereocenters. The van der Waals surface area contributed by atoms with Crippen molar-refractivity contribution in [2.45, 2.75) is 19.8 Å². The van der Waals surface area contributed by atoms with Crippen molar-refractivity contribution in [1.82, 2.24) is 15.1 Å². The second-order valence-corrected chi connectivity index (χ2v) is 6.85. The quantitative estimate of drug-likeness (QED) is 0.624. The highest BCUT2D eigenvalue weighted by Crippen LogP contribution is 2.25. The summed E-state index contributed by atoms with van der Waals surface area (Å²) in [4.78, 5) is 38.6. The second-order valence-electron chi connectivity index (χ2n) is 6.01. The first-order valence-electron chi connectivity index (χ1n) is 8.46. The number of hydrogen-bond donors (Lipinski definition) is 2. The molecule has 0 spiro atoms. The lowest BCUT2D eigenvalue weighted by Crippen LogP contribution is -2.37. The SMILES string of the molecule is CCCN(CCCN1C(=O)CNC1=O)CC(=O)Nc1ccc(Cl)cc1Cl. The first-order chi connectivity index (χ1) is 12.4. The summed E-state index contributed by atoms with van der Waals surface area (Å²) in [5.74, 6) is -0.398. The van der Waals surface area contributed by atoms with Crippen LogP contribution in [0.3, 0.4) is 0 Å². The molecule has 2 rings (SSSR count). The average molecular weight is 401 g/mol. The van der Waals surface area contributed by atoms with E-state index in [1.807, 2.05) is 11.8 Å². The van der Waals surface area contributed by atoms with Crippen LogP contribution in [0.1, 0.15) is 19.8 Å². The molecule has 9 heteroatoms. The summed E-state index contributed by atoms with van der Waals surface area (Å²) in [6.07, 6.45) is 1.49. The van der Waals surface area contributed by atoms with Crippen LogP contribution in [0.25, 0.3) is 0 Å². The minimum Gasteiger partial charge on any atom is -0.329 e. The predicted octanol–water partition coefficient (Wildman–Crippen LogP) is 2.59. The fraction of sp³-hybridized carbons (Fsp3) is 0.471. The largest absolute Gasteiger partial charge is 0.329 e. The van der Waals surface area contributed by atoms with E-state index in [0.29, 0.717) is 35.2 Å². The standard InChI is InChI=1S/C17H22Cl2N4O3/c1-2-6-22(7-3-8-23-16(25)10-20-17(23)26)11-15(24)21-14-5-4-12(18)9-13(14)19/h4-5,9H,2-3,6-8,10-11H2,1H3,(H,20,26)(H,21,24). The maximum Gasteiger partial charge on any atom is 0.324 e. The van der Waals surface area contributed by atoms with Crippen molar-refractivity contribution < 1.29 is 14.4 Å². The zero-order chi connectivity index (χ0) is 19.1. The summed E-state index contributed by atoms with van der Waals surface area (Å²) in [6, 6.07) is 4.53. The molecule has 1 aliphatic heterocycles. The Morgan fingerprint density at radius 2 is 2.08 bits per heavy atom. The van der Waals surface area contributed by atoms with E-state index >= 15 is 0 Å². The third-order valence-electron chi connectivity index (χ3n) is 3.91. The molecule has 0 aromatic heterocycles. The van der Waals surface area contributed by atoms with Gasteiger partial charge < -0.3 is 10.6 Å². The number of hydrogen-bond acceptors (Lipinski definition) is 4. The Kier molecular flexibility index (Phi) is 7.68. The van der Waals surface area contributed by atoms with Gasteiger partial charge in [0.25, 0.3) is 0 Å². The van der Waals surface area contributed by atoms with Crippen molar-refractivity contribution >= 4 is 46.7 Å². The molecular formula is C17H22Cl2N4O3. The third kappa shape index (κ3) is 5.86. The van der Waals surface area contributed by atoms with Crippen LogP contribution >= 0.6 is 23.2 Å². The van der Waals surface area contributed by atoms with Crippen molar-refractivity contribution in [2.75, 3.05) is 38.0 Å². The highest BCUT2D eigenvalue weighted by molar-refractivity contribution is 6.36. The molecule has 2 N–H and O–H groups in total. The molecule has 0 aliphatic carbocycles. The van der Waals surface area contributed by atoms with Crippen molar-refractivity contribution in [2.24, 2.45) is 0 Å². The number of rotatable bonds is 9. The van der Waals surface area contributed by atoms with Gasteiger partial charge in [-0.25, -0.2) is 4.79 Å². The van der Waals surface area contributed by atoms with Gasteiger partial charge in [-0.1, -0.05) is 30.1 Å². The zero-order valence-electron chi connectivity index (χ0n) is 14.6. The van der Waals surface area contributed by atoms with Gasteiger partial charge in [0.2, 0.25) is 11.8 Å². The van der Waals surface area contributed by atoms with Gasteiger partial charge in [0.15, 0.2) is 0 Å². The highest BCUT2D eigenvalue weighted by atomic mass is 35.5. The molecule has 1 saturated heterocycles. The molecule has 0 saturated carbocycles. The van der Waals surface area contributed by atoms with E-state index in [4.69, 9.17) is 23.2 Å². The molecule has 1 fully saturated rings. The molecule has 1 heterocycles. The van der Waals surface area contributed by atoms with Crippen LogP contribution in [0, 0.1) is 0 Å². The monoisotopic (exact) mass is 400 g/mol. The van der Waals surface area contributed by atoms with E-state index in [9.17, 15) is 14.4 Å². The Hall–Kier alpha value is -1.83. The minimum atomic E-state index is -0.354. The van der Waals surface area contributed by atoms with Gasteiger partial charge in [0.1, 0.15) is 0 Å². The average Bonchev–Trinajstić information content (AvgIpc) is 2.89. The number of urea groups is 1. The minimum absolute atomic E-state index is 0.0573. The second kappa shape index (κ2) is 9.75. The maximum absolute atomic E-state index is 12.3. The van der Waals surface area contributed by atoms with Crippen molar-refractivity contribution in [3.8, 4) is 0 Å². The maximum atomic E-state index is 12.3. The van der Waals surface area contributed by atoms with E-state index < -0.39 is 0 Å². The summed E-state index contributed by atoms with van der Waals surface area (Å²) >= 11 is 11.9. The van der Waals surface area contributed by atoms with Crippen LogP contribution in [0.2, 0.25) is 10.0 Å². The molecular weight excluding hydrogens is 379 g/mol. The van der Waals surface area contributed by atoms with Crippen molar-refractivity contribution in [3.05, 3.63) is 28.2 Å². The third-order valence-corrected chi connectivity index (χ3v) is 4.45. The van der Waals surface area contributed by atoms with Crippen LogP contribution in [0.15, 0.2) is 18.2 Å². The van der Waals surface area contributed by atoms with Crippen molar-refractivity contribution in [1.29, 1.82) is 0 Å². The molecule has 1 aromatic rings. The Bertz CT molecular complexity index is 668. The number of imide groups is 1. The topological polar surface area (TPSA) is 81.8 Å². The first-order valence-corrected chi connectivity index (χ1v) is 9.21. The molecule has 26 heavy (non-hydrogen) atoms. The molecule has 0 radical (unpaired) electrons. The fourth-order valence-electron chi connectivity index (χ4n) is 2.70. The molecule has 142 valence electrons. The van der Waals surface area contributed by atoms with E-state index in [1.54, 1.807) is 18.2 Å². The normalized spacial score (nSPS) is 14.1. The number of nitrogens with one attached hydrogen (secondary N) is 2. The lowest BCUT2D eigenvalue weighted by atomic mass is 10.3. The number of carbonyl (C=O) groups excluding carboxylic acids is 3. The lowest BCUT2D eigenvalue weighted by molar-refractivity contribution is -0.125. The van der Waals surface area contributed by atoms with E-state index in [1.165, 1.54) is 4.90 Å². The number of anilines is 1. The van der Waals surface area contributed by atoms with Gasteiger partial charge in [-0.15, -0.1) is 0 Å². The van der Waals surface area contributed by atoms with Gasteiger partial charge in [0.05, 0.1) is 23.8 Å². The van der Waals surface area contributed by atoms with Crippen LogP contribution in [0.5, 0.6) is 0 Å². The summed E-state index contributed by atoms with van der Waals surface area (Å²) in [7, 11) is 0. The number of halogens is 2. The first kappa shape index (κ1) is 20.5. The predicted molar refractivity (Wildman–Crippen MR) is 102 cm³/mol. The van der Waals surface area contributed by atoms with E-state index in [-0.39, 0.29) is 30.9 Å². The van der Waals surface area contributed by atoms with Gasteiger partial charge in [-0.2, -0.15) is 0 Å². The summed E-state index contributed by atoms with van der Waals surface area (Å²) < 4.78 is 0. The molecule has 1 aliphatic rings. The summed E-state index contributed by atoms with van der Waals surface area (Å²) in [6.45, 7) is 3.97. The highest BCUT2D eigenvalue weighted by Gasteiger charge is 2.27. The molecule has 0 unspecified atom stereocenters. The fourth-order valence-corrected chi connectivity index (χ4v) is 3.16. The van der Waals surface area contributed by atoms with Crippen LogP contribution < -0.4 is 10.6 Å². The van der Waals surface area contributed by atoms with Crippen LogP contribution in [0.4, 0.5) is 10.5 Å². The van der Waals surface area contributed by atoms with Gasteiger partial charge in [-0.05, 0) is 37.6 Å². The molecule has 0 bridgehead atoms. The van der Waals surface area contributed by atoms with Crippen molar-refractivity contribution in [3.63, 3.8) is 0 Å². The van der Waals surface area contributed by atoms with Crippen LogP contribution in [-0.4, -0.2) is 60.4 Å². The van der Waals surface area contributed by atoms with Gasteiger partial charge in [0, 0.05) is 18.1 Å². The Morgan fingerprint density at radius 1 is 1.31 bits per heavy atom. The number of benzene rings is 1. The number of nitrogens with zero attached hydrogens (tertiary/aromatic N) is 2. The lowest BCUT2D eigenvalue weighted by Gasteiger charge is -2.22. The number of amides is 4. The summed E-state index contributed by atoms with van der Waals surface area (Å²) in [5, 5.41) is 6.14. The molecule has 4 amide bonds. The van der Waals surface area contributed by atoms with E-state index in [0.717, 1.165) is 13.0 Å². The Balaban J connectivity index is 1.83. The zero-order valence-corrected chi connectivity index (χ0v) is 16.1. The molecule has 7 nitrogen and oxygen atoms in total. The van der Waals surface area contributed by atoms with Crippen LogP contribution in [-0.2, 0) is 9.59 Å². The van der Waals surface area contributed by atoms with Gasteiger partial charge >= 0.3 is 6.03 Å². The van der Waals surface area contributed by atoms with Gasteiger partial charge in [-0.3, -0.25) is 19.4 Å². The Labute approximate surface area is 162 Å². The molecule has 1 aromatic carbocycles. The number of carbonyl (C=O) groups is 3. The van der Waals surface area contributed by atoms with E-state index in [2.05, 4.69) is 10.6 Å².